The molecule has 10 heteroatoms. The molecule has 0 bridgehead atoms. The second kappa shape index (κ2) is 7.12. The van der Waals surface area contributed by atoms with Gasteiger partial charge in [0.1, 0.15) is 0 Å². The van der Waals surface area contributed by atoms with Crippen LogP contribution in [-0.2, 0) is 9.13 Å². The summed E-state index contributed by atoms with van der Waals surface area (Å²) in [5.41, 5.74) is 0. The van der Waals surface area contributed by atoms with Gasteiger partial charge in [-0.15, -0.1) is 0 Å². The molecule has 0 rings (SSSR count). The number of hydrogen-bond donors (Lipinski definition) is 6. The van der Waals surface area contributed by atoms with Gasteiger partial charge in [-0.3, -0.25) is 9.13 Å². The fraction of sp³-hybridized carbons (Fsp3) is 1.00. The average molecular weight is 305 g/mol. The summed E-state index contributed by atoms with van der Waals surface area (Å²) in [4.78, 5) is 35.4. The second-order valence-corrected chi connectivity index (χ2v) is 8.08. The van der Waals surface area contributed by atoms with E-state index >= 15 is 0 Å². The van der Waals surface area contributed by atoms with Gasteiger partial charge in [-0.2, -0.15) is 0 Å². The molecule has 0 amide bonds. The van der Waals surface area contributed by atoms with Gasteiger partial charge in [0.05, 0.1) is 0 Å². The van der Waals surface area contributed by atoms with Crippen LogP contribution in [0.2, 0.25) is 0 Å². The molecular formula is C8H21NO7P2. The molecule has 0 heterocycles. The summed E-state index contributed by atoms with van der Waals surface area (Å²) in [5, 5.41) is 8.99. The smallest absolute Gasteiger partial charge is 0.367 e. The van der Waals surface area contributed by atoms with E-state index in [4.69, 9.17) is 19.6 Å². The van der Waals surface area contributed by atoms with Gasteiger partial charge in [-0.25, -0.2) is 0 Å². The van der Waals surface area contributed by atoms with Crippen molar-refractivity contribution in [1.82, 2.24) is 5.32 Å². The van der Waals surface area contributed by atoms with Gasteiger partial charge in [0.25, 0.3) is 5.08 Å². The lowest BCUT2D eigenvalue weighted by Gasteiger charge is -2.29. The summed E-state index contributed by atoms with van der Waals surface area (Å²) in [6, 6.07) is 0. The highest BCUT2D eigenvalue weighted by atomic mass is 31.2. The van der Waals surface area contributed by atoms with Gasteiger partial charge in [0.15, 0.2) is 0 Å². The van der Waals surface area contributed by atoms with Gasteiger partial charge in [-0.1, -0.05) is 19.8 Å². The van der Waals surface area contributed by atoms with E-state index in [9.17, 15) is 14.2 Å². The standard InChI is InChI=1S/C8H21NO7P2/c1-2-3-4-6-9-7-5-8(10,17(11,12)13)18(14,15)16/h9-10H,2-7H2,1H3,(H2,11,12,13)(H2,14,15,16). The highest BCUT2D eigenvalue weighted by Gasteiger charge is 2.58. The molecule has 0 fully saturated rings. The molecule has 0 radical (unpaired) electrons. The lowest BCUT2D eigenvalue weighted by Crippen LogP contribution is -2.33. The normalized spacial score (nSPS) is 13.9. The first-order valence-electron chi connectivity index (χ1n) is 5.60. The zero-order valence-electron chi connectivity index (χ0n) is 10.2. The van der Waals surface area contributed by atoms with Gasteiger partial charge >= 0.3 is 15.2 Å². The SMILES string of the molecule is CCCCCNCCC(O)(P(=O)(O)O)P(=O)(O)O. The largest absolute Gasteiger partial charge is 0.369 e. The highest BCUT2D eigenvalue weighted by molar-refractivity contribution is 7.72. The van der Waals surface area contributed by atoms with Crippen LogP contribution in [0.15, 0.2) is 0 Å². The first-order chi connectivity index (χ1) is 8.06. The van der Waals surface area contributed by atoms with Crippen molar-refractivity contribution in [2.45, 2.75) is 37.7 Å². The van der Waals surface area contributed by atoms with Crippen molar-refractivity contribution in [3.8, 4) is 0 Å². The van der Waals surface area contributed by atoms with Crippen LogP contribution < -0.4 is 5.32 Å². The molecule has 0 aromatic heterocycles. The summed E-state index contributed by atoms with van der Waals surface area (Å²) < 4.78 is 22.0. The van der Waals surface area contributed by atoms with E-state index < -0.39 is 26.7 Å². The summed E-state index contributed by atoms with van der Waals surface area (Å²) in [6.07, 6.45) is 2.12. The van der Waals surface area contributed by atoms with Crippen LogP contribution in [0.4, 0.5) is 0 Å². The minimum Gasteiger partial charge on any atom is -0.367 e. The molecule has 6 N–H and O–H groups in total. The number of unbranched alkanes of at least 4 members (excludes halogenated alkanes) is 2. The number of hydrogen-bond acceptors (Lipinski definition) is 4. The van der Waals surface area contributed by atoms with Crippen molar-refractivity contribution in [1.29, 1.82) is 0 Å². The third-order valence-corrected chi connectivity index (χ3v) is 6.40. The summed E-state index contributed by atoms with van der Waals surface area (Å²) in [5.74, 6) is 0. The Morgan fingerprint density at radius 3 is 1.89 bits per heavy atom. The molecule has 110 valence electrons. The Hall–Kier alpha value is 0.220. The Balaban J connectivity index is 4.40. The number of nitrogens with one attached hydrogen (secondary N) is 1. The van der Waals surface area contributed by atoms with Crippen LogP contribution in [0.25, 0.3) is 0 Å². The van der Waals surface area contributed by atoms with Gasteiger partial charge < -0.3 is 30.0 Å². The van der Waals surface area contributed by atoms with E-state index in [1.807, 2.05) is 6.92 Å². The van der Waals surface area contributed by atoms with E-state index in [2.05, 4.69) is 5.32 Å². The quantitative estimate of drug-likeness (QED) is 0.261. The summed E-state index contributed by atoms with van der Waals surface area (Å²) in [6.45, 7) is 2.49. The molecule has 0 aliphatic heterocycles. The maximum atomic E-state index is 11.0. The predicted octanol–water partition coefficient (Wildman–Crippen LogP) is 0.158. The number of aliphatic hydroxyl groups is 1. The molecule has 0 saturated heterocycles. The van der Waals surface area contributed by atoms with Crippen LogP contribution >= 0.6 is 15.2 Å². The topological polar surface area (TPSA) is 147 Å². The lowest BCUT2D eigenvalue weighted by molar-refractivity contribution is 0.123. The van der Waals surface area contributed by atoms with Crippen molar-refractivity contribution >= 4 is 15.2 Å². The van der Waals surface area contributed by atoms with Crippen molar-refractivity contribution in [2.24, 2.45) is 0 Å². The van der Waals surface area contributed by atoms with Gasteiger partial charge in [0, 0.05) is 6.42 Å². The predicted molar refractivity (Wildman–Crippen MR) is 66.0 cm³/mol. The zero-order chi connectivity index (χ0) is 14.4. The van der Waals surface area contributed by atoms with Gasteiger partial charge in [0.2, 0.25) is 0 Å². The zero-order valence-corrected chi connectivity index (χ0v) is 12.0. The molecule has 0 aromatic rings. The Labute approximate surface area is 106 Å². The van der Waals surface area contributed by atoms with E-state index in [1.54, 1.807) is 0 Å². The van der Waals surface area contributed by atoms with Crippen LogP contribution in [-0.4, -0.2) is 42.9 Å². The van der Waals surface area contributed by atoms with E-state index in [-0.39, 0.29) is 6.54 Å². The minimum atomic E-state index is -5.32. The monoisotopic (exact) mass is 305 g/mol. The molecule has 0 saturated carbocycles. The Morgan fingerprint density at radius 1 is 1.00 bits per heavy atom. The highest BCUT2D eigenvalue weighted by Crippen LogP contribution is 2.68. The lowest BCUT2D eigenvalue weighted by atomic mass is 10.2. The van der Waals surface area contributed by atoms with Crippen LogP contribution in [0.1, 0.15) is 32.6 Å². The molecule has 0 aromatic carbocycles. The maximum Gasteiger partial charge on any atom is 0.369 e. The van der Waals surface area contributed by atoms with Crippen molar-refractivity contribution < 1.29 is 33.8 Å². The van der Waals surface area contributed by atoms with Crippen LogP contribution in [0, 0.1) is 0 Å². The maximum absolute atomic E-state index is 11.0. The van der Waals surface area contributed by atoms with Crippen molar-refractivity contribution in [3.05, 3.63) is 0 Å². The Morgan fingerprint density at radius 2 is 1.50 bits per heavy atom. The Kier molecular flexibility index (Phi) is 7.21. The molecule has 0 atom stereocenters. The summed E-state index contributed by atoms with van der Waals surface area (Å²) in [7, 11) is -10.6. The van der Waals surface area contributed by atoms with E-state index in [0.29, 0.717) is 6.54 Å². The van der Waals surface area contributed by atoms with Crippen molar-refractivity contribution in [2.75, 3.05) is 13.1 Å². The van der Waals surface area contributed by atoms with Crippen LogP contribution in [0.3, 0.4) is 0 Å². The van der Waals surface area contributed by atoms with Gasteiger partial charge in [-0.05, 0) is 19.5 Å². The van der Waals surface area contributed by atoms with E-state index in [1.165, 1.54) is 0 Å². The molecule has 0 spiro atoms. The molecule has 0 unspecified atom stereocenters. The average Bonchev–Trinajstić information content (AvgIpc) is 2.19. The fourth-order valence-corrected chi connectivity index (χ4v) is 3.51. The molecule has 0 aliphatic rings. The molecule has 0 aliphatic carbocycles. The Bertz CT molecular complexity index is 314. The number of rotatable bonds is 9. The third-order valence-electron chi connectivity index (χ3n) is 2.53. The van der Waals surface area contributed by atoms with Crippen molar-refractivity contribution in [3.63, 3.8) is 0 Å². The minimum absolute atomic E-state index is 0.0869. The molecular weight excluding hydrogens is 284 g/mol. The fourth-order valence-electron chi connectivity index (χ4n) is 1.34. The van der Waals surface area contributed by atoms with Crippen LogP contribution in [0.5, 0.6) is 0 Å². The summed E-state index contributed by atoms with van der Waals surface area (Å²) >= 11 is 0. The third kappa shape index (κ3) is 5.07. The molecule has 18 heavy (non-hydrogen) atoms. The first kappa shape index (κ1) is 18.2. The van der Waals surface area contributed by atoms with E-state index in [0.717, 1.165) is 19.3 Å². The second-order valence-electron chi connectivity index (χ2n) is 4.07. The first-order valence-corrected chi connectivity index (χ1v) is 8.83. The molecule has 8 nitrogen and oxygen atoms in total.